The van der Waals surface area contributed by atoms with Gasteiger partial charge in [0.05, 0.1) is 5.56 Å². The van der Waals surface area contributed by atoms with E-state index in [4.69, 9.17) is 4.74 Å². The lowest BCUT2D eigenvalue weighted by Crippen LogP contribution is -2.44. The predicted octanol–water partition coefficient (Wildman–Crippen LogP) is 2.93. The summed E-state index contributed by atoms with van der Waals surface area (Å²) in [5.41, 5.74) is 8.95. The molecule has 3 aromatic rings. The average molecular weight is 351 g/mol. The summed E-state index contributed by atoms with van der Waals surface area (Å²) in [6.07, 6.45) is 0. The number of nitrogens with one attached hydrogen (secondary N) is 3. The van der Waals surface area contributed by atoms with E-state index in [2.05, 4.69) is 15.8 Å². The molecule has 1 heterocycles. The molecule has 0 aliphatic rings. The minimum Gasteiger partial charge on any atom is -0.483 e. The summed E-state index contributed by atoms with van der Waals surface area (Å²) in [6, 6.07) is 13.3. The molecule has 1 aromatic heterocycles. The van der Waals surface area contributed by atoms with Crippen molar-refractivity contribution in [2.24, 2.45) is 0 Å². The van der Waals surface area contributed by atoms with Gasteiger partial charge >= 0.3 is 0 Å². The molecule has 0 radical (unpaired) electrons. The topological polar surface area (TPSA) is 83.2 Å². The summed E-state index contributed by atoms with van der Waals surface area (Å²) in [5.74, 6) is -0.157. The monoisotopic (exact) mass is 351 g/mol. The van der Waals surface area contributed by atoms with Crippen molar-refractivity contribution in [1.82, 2.24) is 15.8 Å². The Hall–Kier alpha value is -3.28. The molecule has 0 aliphatic carbocycles. The molecule has 2 aromatic carbocycles. The van der Waals surface area contributed by atoms with E-state index in [1.165, 1.54) is 0 Å². The van der Waals surface area contributed by atoms with E-state index in [1.54, 1.807) is 0 Å². The van der Waals surface area contributed by atoms with Gasteiger partial charge in [0.25, 0.3) is 11.8 Å². The van der Waals surface area contributed by atoms with Crippen LogP contribution in [0.4, 0.5) is 0 Å². The molecular formula is C20H21N3O3. The van der Waals surface area contributed by atoms with E-state index in [0.29, 0.717) is 11.3 Å². The quantitative estimate of drug-likeness (QED) is 0.632. The van der Waals surface area contributed by atoms with Crippen molar-refractivity contribution in [3.8, 4) is 5.75 Å². The van der Waals surface area contributed by atoms with Gasteiger partial charge in [-0.25, -0.2) is 0 Å². The number of aromatic nitrogens is 1. The first-order chi connectivity index (χ1) is 12.5. The normalized spacial score (nSPS) is 10.6. The minimum absolute atomic E-state index is 0.183. The number of para-hydroxylation sites is 1. The van der Waals surface area contributed by atoms with Crippen LogP contribution in [0.5, 0.6) is 5.75 Å². The Morgan fingerprint density at radius 2 is 1.81 bits per heavy atom. The highest BCUT2D eigenvalue weighted by atomic mass is 16.5. The van der Waals surface area contributed by atoms with Crippen molar-refractivity contribution >= 4 is 22.7 Å². The second-order valence-electron chi connectivity index (χ2n) is 6.23. The van der Waals surface area contributed by atoms with E-state index < -0.39 is 5.91 Å². The van der Waals surface area contributed by atoms with Gasteiger partial charge in [-0.15, -0.1) is 0 Å². The van der Waals surface area contributed by atoms with Gasteiger partial charge in [-0.2, -0.15) is 0 Å². The zero-order valence-corrected chi connectivity index (χ0v) is 15.0. The number of fused-ring (bicyclic) bond motifs is 1. The molecule has 0 spiro atoms. The van der Waals surface area contributed by atoms with Crippen LogP contribution in [-0.4, -0.2) is 23.4 Å². The predicted molar refractivity (Wildman–Crippen MR) is 100 cm³/mol. The third-order valence-electron chi connectivity index (χ3n) is 4.14. The lowest BCUT2D eigenvalue weighted by molar-refractivity contribution is -0.123. The number of amides is 2. The Morgan fingerprint density at radius 3 is 2.62 bits per heavy atom. The van der Waals surface area contributed by atoms with Crippen LogP contribution in [0.25, 0.3) is 10.9 Å². The third kappa shape index (κ3) is 3.69. The zero-order chi connectivity index (χ0) is 18.7. The van der Waals surface area contributed by atoms with Gasteiger partial charge in [0.1, 0.15) is 5.75 Å². The number of carbonyl (C=O) groups excluding carboxylic acids is 2. The van der Waals surface area contributed by atoms with Gasteiger partial charge in [0, 0.05) is 16.6 Å². The number of aromatic amines is 1. The first-order valence-corrected chi connectivity index (χ1v) is 8.32. The Balaban J connectivity index is 1.59. The van der Waals surface area contributed by atoms with Crippen LogP contribution < -0.4 is 15.6 Å². The summed E-state index contributed by atoms with van der Waals surface area (Å²) < 4.78 is 5.53. The molecule has 0 atom stereocenters. The van der Waals surface area contributed by atoms with Crippen LogP contribution in [-0.2, 0) is 4.79 Å². The Morgan fingerprint density at radius 1 is 1.04 bits per heavy atom. The number of hydrazine groups is 1. The lowest BCUT2D eigenvalue weighted by atomic mass is 10.1. The second kappa shape index (κ2) is 7.31. The average Bonchev–Trinajstić information content (AvgIpc) is 2.96. The molecule has 0 unspecified atom stereocenters. The van der Waals surface area contributed by atoms with E-state index in [9.17, 15) is 9.59 Å². The molecule has 0 aliphatic heterocycles. The van der Waals surface area contributed by atoms with E-state index in [-0.39, 0.29) is 12.5 Å². The highest BCUT2D eigenvalue weighted by molar-refractivity contribution is 6.08. The Labute approximate surface area is 151 Å². The summed E-state index contributed by atoms with van der Waals surface area (Å²) in [4.78, 5) is 27.6. The number of ether oxygens (including phenoxy) is 1. The van der Waals surface area contributed by atoms with Crippen molar-refractivity contribution in [2.45, 2.75) is 20.8 Å². The molecule has 0 saturated heterocycles. The van der Waals surface area contributed by atoms with Crippen LogP contribution in [0.3, 0.4) is 0 Å². The van der Waals surface area contributed by atoms with E-state index in [1.807, 2.05) is 63.2 Å². The summed E-state index contributed by atoms with van der Waals surface area (Å²) in [6.45, 7) is 5.50. The number of benzene rings is 2. The number of hydrogen-bond donors (Lipinski definition) is 3. The van der Waals surface area contributed by atoms with Gasteiger partial charge in [0.15, 0.2) is 6.61 Å². The molecule has 6 nitrogen and oxygen atoms in total. The van der Waals surface area contributed by atoms with Gasteiger partial charge in [-0.3, -0.25) is 20.4 Å². The lowest BCUT2D eigenvalue weighted by Gasteiger charge is -2.11. The maximum absolute atomic E-state index is 12.4. The molecular weight excluding hydrogens is 330 g/mol. The van der Waals surface area contributed by atoms with Gasteiger partial charge in [-0.05, 0) is 44.0 Å². The van der Waals surface area contributed by atoms with Crippen molar-refractivity contribution < 1.29 is 14.3 Å². The smallest absolute Gasteiger partial charge is 0.276 e. The standard InChI is InChI=1S/C20H21N3O3/c1-12-8-9-13(2)17(10-12)26-11-18(24)22-23-20(25)19-14(3)21-16-7-5-4-6-15(16)19/h4-10,21H,11H2,1-3H3,(H,22,24)(H,23,25). The summed E-state index contributed by atoms with van der Waals surface area (Å²) in [7, 11) is 0. The highest BCUT2D eigenvalue weighted by Gasteiger charge is 2.16. The SMILES string of the molecule is Cc1ccc(C)c(OCC(=O)NNC(=O)c2c(C)[nH]c3ccccc23)c1. The van der Waals surface area contributed by atoms with Gasteiger partial charge in [-0.1, -0.05) is 30.3 Å². The number of hydrogen-bond acceptors (Lipinski definition) is 3. The fourth-order valence-corrected chi connectivity index (χ4v) is 2.80. The number of rotatable bonds is 4. The fourth-order valence-electron chi connectivity index (χ4n) is 2.80. The van der Waals surface area contributed by atoms with E-state index >= 15 is 0 Å². The van der Waals surface area contributed by atoms with Crippen LogP contribution in [0.15, 0.2) is 42.5 Å². The zero-order valence-electron chi connectivity index (χ0n) is 15.0. The molecule has 0 fully saturated rings. The van der Waals surface area contributed by atoms with Crippen molar-refractivity contribution in [2.75, 3.05) is 6.61 Å². The highest BCUT2D eigenvalue weighted by Crippen LogP contribution is 2.21. The van der Waals surface area contributed by atoms with Gasteiger partial charge in [0.2, 0.25) is 0 Å². The van der Waals surface area contributed by atoms with Crippen LogP contribution in [0.2, 0.25) is 0 Å². The number of H-pyrrole nitrogens is 1. The Kier molecular flexibility index (Phi) is 4.93. The molecule has 0 saturated carbocycles. The molecule has 3 rings (SSSR count). The molecule has 2 amide bonds. The third-order valence-corrected chi connectivity index (χ3v) is 4.14. The first kappa shape index (κ1) is 17.5. The number of carbonyl (C=O) groups is 2. The maximum atomic E-state index is 12.4. The maximum Gasteiger partial charge on any atom is 0.276 e. The van der Waals surface area contributed by atoms with Crippen molar-refractivity contribution in [3.05, 3.63) is 64.8 Å². The molecule has 3 N–H and O–H groups in total. The van der Waals surface area contributed by atoms with Gasteiger partial charge < -0.3 is 9.72 Å². The summed E-state index contributed by atoms with van der Waals surface area (Å²) in [5, 5.41) is 0.809. The molecule has 6 heteroatoms. The van der Waals surface area contributed by atoms with Crippen LogP contribution in [0, 0.1) is 20.8 Å². The van der Waals surface area contributed by atoms with Crippen molar-refractivity contribution in [3.63, 3.8) is 0 Å². The summed E-state index contributed by atoms with van der Waals surface area (Å²) >= 11 is 0. The largest absolute Gasteiger partial charge is 0.483 e. The minimum atomic E-state index is -0.434. The first-order valence-electron chi connectivity index (χ1n) is 8.32. The number of aryl methyl sites for hydroxylation is 3. The van der Waals surface area contributed by atoms with Crippen molar-refractivity contribution in [1.29, 1.82) is 0 Å². The Bertz CT molecular complexity index is 976. The second-order valence-corrected chi connectivity index (χ2v) is 6.23. The molecule has 0 bridgehead atoms. The molecule has 26 heavy (non-hydrogen) atoms. The molecule has 134 valence electrons. The van der Waals surface area contributed by atoms with Crippen LogP contribution in [0.1, 0.15) is 27.2 Å². The van der Waals surface area contributed by atoms with Crippen LogP contribution >= 0.6 is 0 Å². The fraction of sp³-hybridized carbons (Fsp3) is 0.200. The van der Waals surface area contributed by atoms with E-state index in [0.717, 1.165) is 27.7 Å².